The van der Waals surface area contributed by atoms with E-state index in [2.05, 4.69) is 6.92 Å². The van der Waals surface area contributed by atoms with Gasteiger partial charge in [0.2, 0.25) is 0 Å². The highest BCUT2D eigenvalue weighted by atomic mass is 32.2. The molecule has 112 valence electrons. The molecule has 0 radical (unpaired) electrons. The van der Waals surface area contributed by atoms with Gasteiger partial charge in [0, 0.05) is 32.2 Å². The van der Waals surface area contributed by atoms with E-state index in [0.29, 0.717) is 38.0 Å². The van der Waals surface area contributed by atoms with Gasteiger partial charge in [-0.05, 0) is 44.4 Å². The van der Waals surface area contributed by atoms with Crippen LogP contribution >= 0.6 is 0 Å². The molecule has 2 N–H and O–H groups in total. The summed E-state index contributed by atoms with van der Waals surface area (Å²) in [5.41, 5.74) is 5.90. The normalized spacial score (nSPS) is 27.5. The van der Waals surface area contributed by atoms with Crippen molar-refractivity contribution in [1.29, 1.82) is 0 Å². The van der Waals surface area contributed by atoms with Gasteiger partial charge in [0.1, 0.15) is 0 Å². The van der Waals surface area contributed by atoms with E-state index in [-0.39, 0.29) is 6.04 Å². The fraction of sp³-hybridized carbons (Fsp3) is 1.00. The largest absolute Gasteiger partial charge is 0.328 e. The molecular weight excluding hydrogens is 262 g/mol. The number of hydrogen-bond acceptors (Lipinski definition) is 3. The Hall–Kier alpha value is -0.170. The second-order valence-corrected chi connectivity index (χ2v) is 8.11. The zero-order chi connectivity index (χ0) is 14.0. The van der Waals surface area contributed by atoms with E-state index in [1.165, 1.54) is 0 Å². The maximum atomic E-state index is 12.5. The highest BCUT2D eigenvalue weighted by Gasteiger charge is 2.34. The van der Waals surface area contributed by atoms with Crippen LogP contribution in [0.1, 0.15) is 39.5 Å². The molecule has 2 fully saturated rings. The Bertz CT molecular complexity index is 381. The maximum Gasteiger partial charge on any atom is 0.281 e. The van der Waals surface area contributed by atoms with Crippen LogP contribution in [0.2, 0.25) is 0 Å². The van der Waals surface area contributed by atoms with Gasteiger partial charge in [-0.15, -0.1) is 0 Å². The molecule has 0 aromatic carbocycles. The zero-order valence-electron chi connectivity index (χ0n) is 12.1. The van der Waals surface area contributed by atoms with Crippen molar-refractivity contribution in [2.75, 3.05) is 26.2 Å². The first-order valence-electron chi connectivity index (χ1n) is 7.42. The Morgan fingerprint density at radius 1 is 1.00 bits per heavy atom. The van der Waals surface area contributed by atoms with E-state index >= 15 is 0 Å². The minimum Gasteiger partial charge on any atom is -0.328 e. The fourth-order valence-electron chi connectivity index (χ4n) is 3.01. The third-order valence-corrected chi connectivity index (χ3v) is 6.67. The molecule has 5 nitrogen and oxygen atoms in total. The van der Waals surface area contributed by atoms with Crippen molar-refractivity contribution in [3.8, 4) is 0 Å². The number of rotatable bonds is 3. The molecule has 0 aliphatic carbocycles. The molecule has 0 spiro atoms. The highest BCUT2D eigenvalue weighted by Crippen LogP contribution is 2.25. The standard InChI is InChI=1S/C13H27N3O2S/c1-11-3-7-15(8-4-11)19(17,18)16-9-5-13(6-10-16)12(2)14/h11-13H,3-10,14H2,1-2H3. The quantitative estimate of drug-likeness (QED) is 0.843. The summed E-state index contributed by atoms with van der Waals surface area (Å²) in [6.07, 6.45) is 3.74. The van der Waals surface area contributed by atoms with Gasteiger partial charge in [-0.25, -0.2) is 0 Å². The zero-order valence-corrected chi connectivity index (χ0v) is 12.9. The summed E-state index contributed by atoms with van der Waals surface area (Å²) >= 11 is 0. The van der Waals surface area contributed by atoms with Crippen molar-refractivity contribution >= 4 is 10.2 Å². The maximum absolute atomic E-state index is 12.5. The molecule has 0 aromatic heterocycles. The SMILES string of the molecule is CC1CCN(S(=O)(=O)N2CCC(C(C)N)CC2)CC1. The van der Waals surface area contributed by atoms with Crippen LogP contribution in [-0.2, 0) is 10.2 Å². The summed E-state index contributed by atoms with van der Waals surface area (Å²) in [5, 5.41) is 0. The number of nitrogens with zero attached hydrogens (tertiary/aromatic N) is 2. The van der Waals surface area contributed by atoms with E-state index < -0.39 is 10.2 Å². The summed E-state index contributed by atoms with van der Waals surface area (Å²) in [6.45, 7) is 6.81. The number of hydrogen-bond donors (Lipinski definition) is 1. The van der Waals surface area contributed by atoms with Gasteiger partial charge in [0.05, 0.1) is 0 Å². The van der Waals surface area contributed by atoms with E-state index in [1.54, 1.807) is 8.61 Å². The summed E-state index contributed by atoms with van der Waals surface area (Å²) < 4.78 is 28.4. The van der Waals surface area contributed by atoms with Gasteiger partial charge in [-0.2, -0.15) is 17.0 Å². The van der Waals surface area contributed by atoms with Crippen molar-refractivity contribution < 1.29 is 8.42 Å². The minimum absolute atomic E-state index is 0.167. The average Bonchev–Trinajstić information content (AvgIpc) is 2.39. The molecule has 19 heavy (non-hydrogen) atoms. The van der Waals surface area contributed by atoms with Gasteiger partial charge >= 0.3 is 0 Å². The Labute approximate surface area is 117 Å². The van der Waals surface area contributed by atoms with Gasteiger partial charge < -0.3 is 5.73 Å². The van der Waals surface area contributed by atoms with Crippen molar-refractivity contribution in [1.82, 2.24) is 8.61 Å². The van der Waals surface area contributed by atoms with Crippen molar-refractivity contribution in [3.63, 3.8) is 0 Å². The van der Waals surface area contributed by atoms with Crippen molar-refractivity contribution in [3.05, 3.63) is 0 Å². The lowest BCUT2D eigenvalue weighted by molar-refractivity contribution is 0.220. The predicted molar refractivity (Wildman–Crippen MR) is 76.8 cm³/mol. The molecule has 1 atom stereocenters. The van der Waals surface area contributed by atoms with Crippen LogP contribution in [0.15, 0.2) is 0 Å². The Kier molecular flexibility index (Phi) is 4.87. The fourth-order valence-corrected chi connectivity index (χ4v) is 4.68. The Balaban J connectivity index is 1.94. The van der Waals surface area contributed by atoms with Crippen LogP contribution in [0.4, 0.5) is 0 Å². The third kappa shape index (κ3) is 3.48. The third-order valence-electron chi connectivity index (χ3n) is 4.64. The minimum atomic E-state index is -3.23. The van der Waals surface area contributed by atoms with Crippen LogP contribution in [-0.4, -0.2) is 49.2 Å². The van der Waals surface area contributed by atoms with Crippen LogP contribution in [0, 0.1) is 11.8 Å². The first-order valence-corrected chi connectivity index (χ1v) is 8.81. The molecule has 0 amide bonds. The van der Waals surface area contributed by atoms with E-state index in [9.17, 15) is 8.42 Å². The van der Waals surface area contributed by atoms with Gasteiger partial charge in [0.15, 0.2) is 0 Å². The average molecular weight is 289 g/mol. The van der Waals surface area contributed by atoms with Crippen molar-refractivity contribution in [2.24, 2.45) is 17.6 Å². The monoisotopic (exact) mass is 289 g/mol. The topological polar surface area (TPSA) is 66.6 Å². The van der Waals surface area contributed by atoms with Gasteiger partial charge in [0.25, 0.3) is 10.2 Å². The summed E-state index contributed by atoms with van der Waals surface area (Å²) in [6, 6.07) is 0.167. The van der Waals surface area contributed by atoms with Crippen LogP contribution in [0.25, 0.3) is 0 Å². The summed E-state index contributed by atoms with van der Waals surface area (Å²) in [4.78, 5) is 0. The predicted octanol–water partition coefficient (Wildman–Crippen LogP) is 1.02. The van der Waals surface area contributed by atoms with Gasteiger partial charge in [-0.1, -0.05) is 6.92 Å². The molecule has 2 aliphatic rings. The molecule has 2 rings (SSSR count). The molecule has 2 aliphatic heterocycles. The second kappa shape index (κ2) is 6.08. The number of nitrogens with two attached hydrogens (primary N) is 1. The lowest BCUT2D eigenvalue weighted by atomic mass is 9.92. The Morgan fingerprint density at radius 2 is 1.42 bits per heavy atom. The van der Waals surface area contributed by atoms with E-state index in [4.69, 9.17) is 5.73 Å². The summed E-state index contributed by atoms with van der Waals surface area (Å²) in [7, 11) is -3.23. The Morgan fingerprint density at radius 3 is 1.84 bits per heavy atom. The molecule has 0 bridgehead atoms. The van der Waals surface area contributed by atoms with Crippen molar-refractivity contribution in [2.45, 2.75) is 45.6 Å². The van der Waals surface area contributed by atoms with Crippen LogP contribution < -0.4 is 5.73 Å². The molecule has 6 heteroatoms. The smallest absolute Gasteiger partial charge is 0.281 e. The first kappa shape index (κ1) is 15.2. The molecule has 0 saturated carbocycles. The first-order chi connectivity index (χ1) is 8.91. The molecule has 2 heterocycles. The van der Waals surface area contributed by atoms with E-state index in [0.717, 1.165) is 25.7 Å². The van der Waals surface area contributed by atoms with Crippen LogP contribution in [0.5, 0.6) is 0 Å². The molecule has 0 aromatic rings. The molecule has 1 unspecified atom stereocenters. The van der Waals surface area contributed by atoms with E-state index in [1.807, 2.05) is 6.92 Å². The molecule has 2 saturated heterocycles. The van der Waals surface area contributed by atoms with Crippen LogP contribution in [0.3, 0.4) is 0 Å². The lowest BCUT2D eigenvalue weighted by Crippen LogP contribution is -2.50. The number of piperidine rings is 2. The van der Waals surface area contributed by atoms with Gasteiger partial charge in [-0.3, -0.25) is 0 Å². The second-order valence-electron chi connectivity index (χ2n) is 6.18. The lowest BCUT2D eigenvalue weighted by Gasteiger charge is -2.38. The summed E-state index contributed by atoms with van der Waals surface area (Å²) in [5.74, 6) is 1.11. The highest BCUT2D eigenvalue weighted by molar-refractivity contribution is 7.86. The molecular formula is C13H27N3O2S.